The largest absolute Gasteiger partial charge is 0.399 e. The van der Waals surface area contributed by atoms with Crippen LogP contribution in [0.2, 0.25) is 0 Å². The molecule has 2 aliphatic heterocycles. The molecular formula is C36H40N4O3. The molecule has 2 heterocycles. The highest BCUT2D eigenvalue weighted by molar-refractivity contribution is 5.76. The van der Waals surface area contributed by atoms with Crippen LogP contribution in [0.4, 0.5) is 16.2 Å². The Morgan fingerprint density at radius 2 is 1.00 bits per heavy atom. The number of nitrogen functional groups attached to an aromatic ring is 2. The number of rotatable bonds is 8. The monoisotopic (exact) mass is 576 g/mol. The maximum Gasteiger partial charge on any atom is 0.321 e. The van der Waals surface area contributed by atoms with E-state index >= 15 is 0 Å². The molecule has 0 aliphatic carbocycles. The lowest BCUT2D eigenvalue weighted by Crippen LogP contribution is -2.51. The molecule has 2 amide bonds. The minimum absolute atomic E-state index is 0.0464. The van der Waals surface area contributed by atoms with Gasteiger partial charge in [-0.1, -0.05) is 84.9 Å². The van der Waals surface area contributed by atoms with E-state index in [4.69, 9.17) is 20.9 Å². The molecule has 2 saturated heterocycles. The standard InChI is InChI=1S/C36H40N4O3/c1-36(2)42-33-31(21-27-15-9-17-29(37)19-27)39(23-25-11-5-3-6-12-25)35(41)40(24-26-13-7-4-8-14-26)32(34(33)43-36)22-28-16-10-18-30(38)20-28/h3-20,31-34H,21-24,37-38H2,1-2H3/t31-,32-,33+,34+/m1/s1. The number of nitrogens with two attached hydrogens (primary N) is 2. The van der Waals surface area contributed by atoms with Gasteiger partial charge in [-0.15, -0.1) is 0 Å². The van der Waals surface area contributed by atoms with E-state index in [0.717, 1.165) is 22.3 Å². The second-order valence-corrected chi connectivity index (χ2v) is 12.1. The third-order valence-electron chi connectivity index (χ3n) is 8.40. The van der Waals surface area contributed by atoms with Crippen LogP contribution < -0.4 is 11.5 Å². The summed E-state index contributed by atoms with van der Waals surface area (Å²) >= 11 is 0. The molecule has 2 fully saturated rings. The number of nitrogens with zero attached hydrogens (tertiary/aromatic N) is 2. The van der Waals surface area contributed by atoms with Gasteiger partial charge in [0, 0.05) is 24.5 Å². The van der Waals surface area contributed by atoms with Crippen LogP contribution in [-0.2, 0) is 35.4 Å². The molecule has 4 N–H and O–H groups in total. The molecule has 4 aromatic rings. The highest BCUT2D eigenvalue weighted by Crippen LogP contribution is 2.40. The molecule has 0 aromatic heterocycles. The van der Waals surface area contributed by atoms with Gasteiger partial charge in [0.2, 0.25) is 0 Å². The van der Waals surface area contributed by atoms with Crippen molar-refractivity contribution in [1.82, 2.24) is 9.80 Å². The van der Waals surface area contributed by atoms with Crippen molar-refractivity contribution in [3.8, 4) is 0 Å². The molecule has 4 aromatic carbocycles. The molecule has 0 bridgehead atoms. The average Bonchev–Trinajstić information content (AvgIpc) is 3.29. The third kappa shape index (κ3) is 6.53. The summed E-state index contributed by atoms with van der Waals surface area (Å²) in [6.07, 6.45) is 0.398. The molecule has 0 spiro atoms. The van der Waals surface area contributed by atoms with Crippen molar-refractivity contribution in [3.63, 3.8) is 0 Å². The van der Waals surface area contributed by atoms with Gasteiger partial charge in [0.25, 0.3) is 0 Å². The van der Waals surface area contributed by atoms with Crippen molar-refractivity contribution >= 4 is 17.4 Å². The highest BCUT2D eigenvalue weighted by atomic mass is 16.8. The first kappa shape index (κ1) is 28.8. The number of anilines is 2. The number of fused-ring (bicyclic) bond motifs is 1. The van der Waals surface area contributed by atoms with E-state index in [-0.39, 0.29) is 30.3 Å². The fourth-order valence-corrected chi connectivity index (χ4v) is 6.52. The Morgan fingerprint density at radius 3 is 1.40 bits per heavy atom. The predicted octanol–water partition coefficient (Wildman–Crippen LogP) is 6.03. The Morgan fingerprint density at radius 1 is 0.605 bits per heavy atom. The first-order chi connectivity index (χ1) is 20.8. The van der Waals surface area contributed by atoms with Gasteiger partial charge in [0.1, 0.15) is 12.2 Å². The van der Waals surface area contributed by atoms with Crippen molar-refractivity contribution in [3.05, 3.63) is 131 Å². The molecule has 0 unspecified atom stereocenters. The molecule has 43 heavy (non-hydrogen) atoms. The molecule has 4 atom stereocenters. The van der Waals surface area contributed by atoms with E-state index in [1.807, 2.05) is 96.4 Å². The first-order valence-electron chi connectivity index (χ1n) is 15.0. The Balaban J connectivity index is 1.49. The lowest BCUT2D eigenvalue weighted by molar-refractivity contribution is -0.157. The van der Waals surface area contributed by atoms with Gasteiger partial charge in [-0.25, -0.2) is 4.79 Å². The summed E-state index contributed by atoms with van der Waals surface area (Å²) in [6, 6.07) is 35.4. The van der Waals surface area contributed by atoms with Gasteiger partial charge in [-0.2, -0.15) is 0 Å². The molecule has 6 rings (SSSR count). The molecule has 7 heteroatoms. The summed E-state index contributed by atoms with van der Waals surface area (Å²) in [5, 5.41) is 0. The zero-order valence-electron chi connectivity index (χ0n) is 24.8. The Kier molecular flexibility index (Phi) is 8.10. The number of ether oxygens (including phenoxy) is 2. The normalized spacial score (nSPS) is 23.2. The van der Waals surface area contributed by atoms with E-state index < -0.39 is 5.79 Å². The number of carbonyl (C=O) groups excluding carboxylic acids is 1. The SMILES string of the molecule is CC1(C)O[C@@H]2[C@@H](O1)[C@@H](Cc1cccc(N)c1)N(Cc1ccccc1)C(=O)N(Cc1ccccc1)[C@@H]2Cc1cccc(N)c1. The fourth-order valence-electron chi connectivity index (χ4n) is 6.52. The van der Waals surface area contributed by atoms with Crippen molar-refractivity contribution in [2.45, 2.75) is 69.9 Å². The van der Waals surface area contributed by atoms with Crippen LogP contribution in [0.25, 0.3) is 0 Å². The number of hydrogen-bond donors (Lipinski definition) is 2. The van der Waals surface area contributed by atoms with Gasteiger partial charge >= 0.3 is 6.03 Å². The predicted molar refractivity (Wildman–Crippen MR) is 170 cm³/mol. The van der Waals surface area contributed by atoms with Crippen LogP contribution in [0, 0.1) is 0 Å². The van der Waals surface area contributed by atoms with Gasteiger partial charge in [-0.3, -0.25) is 0 Å². The number of hydrogen-bond acceptors (Lipinski definition) is 5. The van der Waals surface area contributed by atoms with E-state index in [0.29, 0.717) is 37.3 Å². The zero-order valence-corrected chi connectivity index (χ0v) is 24.8. The van der Waals surface area contributed by atoms with Crippen molar-refractivity contribution < 1.29 is 14.3 Å². The van der Waals surface area contributed by atoms with Crippen LogP contribution in [0.3, 0.4) is 0 Å². The Labute approximate surface area is 254 Å². The molecule has 0 saturated carbocycles. The van der Waals surface area contributed by atoms with Gasteiger partial charge in [0.15, 0.2) is 5.79 Å². The smallest absolute Gasteiger partial charge is 0.321 e. The molecule has 2 aliphatic rings. The summed E-state index contributed by atoms with van der Waals surface area (Å²) in [4.78, 5) is 19.0. The second kappa shape index (κ2) is 12.1. The summed E-state index contributed by atoms with van der Waals surface area (Å²) < 4.78 is 13.5. The Bertz CT molecular complexity index is 1430. The van der Waals surface area contributed by atoms with E-state index in [1.165, 1.54) is 0 Å². The number of benzene rings is 4. The minimum atomic E-state index is -0.825. The van der Waals surface area contributed by atoms with Crippen LogP contribution in [-0.4, -0.2) is 45.9 Å². The lowest BCUT2D eigenvalue weighted by atomic mass is 9.90. The third-order valence-corrected chi connectivity index (χ3v) is 8.40. The van der Waals surface area contributed by atoms with Crippen molar-refractivity contribution in [2.24, 2.45) is 0 Å². The molecule has 7 nitrogen and oxygen atoms in total. The zero-order chi connectivity index (χ0) is 30.0. The highest BCUT2D eigenvalue weighted by Gasteiger charge is 2.55. The number of carbonyl (C=O) groups is 1. The van der Waals surface area contributed by atoms with Gasteiger partial charge in [0.05, 0.1) is 12.1 Å². The van der Waals surface area contributed by atoms with Crippen LogP contribution >= 0.6 is 0 Å². The van der Waals surface area contributed by atoms with Crippen LogP contribution in [0.5, 0.6) is 0 Å². The number of urea groups is 1. The summed E-state index contributed by atoms with van der Waals surface area (Å²) in [5.74, 6) is -0.825. The van der Waals surface area contributed by atoms with Crippen LogP contribution in [0.15, 0.2) is 109 Å². The quantitative estimate of drug-likeness (QED) is 0.250. The van der Waals surface area contributed by atoms with E-state index in [2.05, 4.69) is 36.4 Å². The van der Waals surface area contributed by atoms with Gasteiger partial charge < -0.3 is 30.7 Å². The second-order valence-electron chi connectivity index (χ2n) is 12.1. The maximum atomic E-state index is 15.0. The molecular weight excluding hydrogens is 536 g/mol. The topological polar surface area (TPSA) is 94.0 Å². The number of amides is 2. The minimum Gasteiger partial charge on any atom is -0.399 e. The fraction of sp³-hybridized carbons (Fsp3) is 0.306. The van der Waals surface area contributed by atoms with Crippen LogP contribution in [0.1, 0.15) is 36.1 Å². The lowest BCUT2D eigenvalue weighted by Gasteiger charge is -2.37. The molecule has 0 radical (unpaired) electrons. The van der Waals surface area contributed by atoms with Crippen molar-refractivity contribution in [1.29, 1.82) is 0 Å². The first-order valence-corrected chi connectivity index (χ1v) is 15.0. The molecule has 222 valence electrons. The average molecular weight is 577 g/mol. The maximum absolute atomic E-state index is 15.0. The van der Waals surface area contributed by atoms with E-state index in [9.17, 15) is 4.79 Å². The summed E-state index contributed by atoms with van der Waals surface area (Å²) in [7, 11) is 0. The van der Waals surface area contributed by atoms with Crippen molar-refractivity contribution in [2.75, 3.05) is 11.5 Å². The van der Waals surface area contributed by atoms with E-state index in [1.54, 1.807) is 0 Å². The van der Waals surface area contributed by atoms with Gasteiger partial charge in [-0.05, 0) is 73.2 Å². The summed E-state index contributed by atoms with van der Waals surface area (Å²) in [5.41, 5.74) is 18.0. The Hall–Kier alpha value is -4.33. The summed E-state index contributed by atoms with van der Waals surface area (Å²) in [6.45, 7) is 4.80.